The number of ether oxygens (including phenoxy) is 4. The molecule has 0 amide bonds. The maximum atomic E-state index is 14.0. The van der Waals surface area contributed by atoms with Crippen molar-refractivity contribution in [3.05, 3.63) is 0 Å². The highest BCUT2D eigenvalue weighted by Crippen LogP contribution is 2.83. The largest absolute Gasteiger partial charge is 0.455 e. The van der Waals surface area contributed by atoms with Crippen LogP contribution in [-0.4, -0.2) is 99.3 Å². The molecule has 2 bridgehead atoms. The second-order valence-corrected chi connectivity index (χ2v) is 18.2. The maximum Gasteiger partial charge on any atom is 0.315 e. The SMILES string of the molecule is CC1(C)CC[C@@]23C(=O)O[C@]4([C@@H]2C1)[C@H]1O[C@H]1[C@@H]1[C@@]2(C)CC[C@H](O[C@@H]5O[C@H](CO)[C@@H](O)[C@@H]5O)[C@@](C)(CO)[C@@H]2CC[C@@]1(C)[C@]4(C)C[C@H]3O. The fourth-order valence-corrected chi connectivity index (χ4v) is 13.6. The number of carbonyl (C=O) groups is 1. The second kappa shape index (κ2) is 9.23. The Labute approximate surface area is 266 Å². The molecule has 3 aliphatic heterocycles. The van der Waals surface area contributed by atoms with Crippen LogP contribution in [0.5, 0.6) is 0 Å². The van der Waals surface area contributed by atoms with Crippen LogP contribution in [0.2, 0.25) is 0 Å². The van der Waals surface area contributed by atoms with Gasteiger partial charge in [-0.05, 0) is 79.4 Å². The fraction of sp³-hybridized carbons (Fsp3) is 0.971. The molecule has 8 rings (SSSR count). The van der Waals surface area contributed by atoms with Crippen molar-refractivity contribution < 1.29 is 49.3 Å². The summed E-state index contributed by atoms with van der Waals surface area (Å²) >= 11 is 0. The Balaban J connectivity index is 1.16. The molecule has 254 valence electrons. The molecule has 8 fully saturated rings. The molecule has 8 aliphatic rings. The molecular formula is C35H54O10. The summed E-state index contributed by atoms with van der Waals surface area (Å²) in [5.41, 5.74) is -3.24. The Hall–Kier alpha value is -0.850. The normalized spacial score (nSPS) is 62.2. The number of esters is 1. The van der Waals surface area contributed by atoms with E-state index >= 15 is 0 Å². The predicted octanol–water partition coefficient (Wildman–Crippen LogP) is 2.30. The van der Waals surface area contributed by atoms with Crippen molar-refractivity contribution in [1.82, 2.24) is 0 Å². The number of fused-ring (bicyclic) bond motifs is 6. The minimum Gasteiger partial charge on any atom is -0.455 e. The highest BCUT2D eigenvalue weighted by atomic mass is 16.7. The third kappa shape index (κ3) is 3.42. The molecule has 10 nitrogen and oxygen atoms in total. The van der Waals surface area contributed by atoms with Crippen molar-refractivity contribution in [2.75, 3.05) is 13.2 Å². The van der Waals surface area contributed by atoms with Crippen molar-refractivity contribution in [3.8, 4) is 0 Å². The van der Waals surface area contributed by atoms with Gasteiger partial charge in [0.25, 0.3) is 0 Å². The molecule has 0 aromatic carbocycles. The third-order valence-electron chi connectivity index (χ3n) is 16.1. The van der Waals surface area contributed by atoms with Gasteiger partial charge in [-0.3, -0.25) is 4.79 Å². The van der Waals surface area contributed by atoms with E-state index in [0.29, 0.717) is 19.3 Å². The summed E-state index contributed by atoms with van der Waals surface area (Å²) in [6, 6.07) is 0. The summed E-state index contributed by atoms with van der Waals surface area (Å²) in [4.78, 5) is 14.0. The highest BCUT2D eigenvalue weighted by molar-refractivity contribution is 5.83. The molecule has 5 N–H and O–H groups in total. The summed E-state index contributed by atoms with van der Waals surface area (Å²) in [6.07, 6.45) is 0.0133. The van der Waals surface area contributed by atoms with Crippen LogP contribution in [0.15, 0.2) is 0 Å². The molecule has 3 saturated heterocycles. The highest BCUT2D eigenvalue weighted by Gasteiger charge is 2.90. The molecule has 5 aliphatic carbocycles. The van der Waals surface area contributed by atoms with Gasteiger partial charge in [0, 0.05) is 16.7 Å². The molecule has 3 heterocycles. The number of epoxide rings is 1. The van der Waals surface area contributed by atoms with Gasteiger partial charge >= 0.3 is 5.97 Å². The van der Waals surface area contributed by atoms with E-state index < -0.39 is 65.3 Å². The Morgan fingerprint density at radius 3 is 2.27 bits per heavy atom. The second-order valence-electron chi connectivity index (χ2n) is 18.2. The van der Waals surface area contributed by atoms with Gasteiger partial charge in [0.1, 0.15) is 29.8 Å². The van der Waals surface area contributed by atoms with Gasteiger partial charge in [-0.1, -0.05) is 41.5 Å². The number of hydrogen-bond donors (Lipinski definition) is 5. The first-order chi connectivity index (χ1) is 21.0. The van der Waals surface area contributed by atoms with Crippen molar-refractivity contribution in [3.63, 3.8) is 0 Å². The lowest BCUT2D eigenvalue weighted by atomic mass is 9.30. The van der Waals surface area contributed by atoms with Gasteiger partial charge in [-0.25, -0.2) is 0 Å². The Morgan fingerprint density at radius 2 is 1.60 bits per heavy atom. The molecule has 17 atom stereocenters. The summed E-state index contributed by atoms with van der Waals surface area (Å²) in [6.45, 7) is 13.1. The molecule has 45 heavy (non-hydrogen) atoms. The van der Waals surface area contributed by atoms with E-state index in [9.17, 15) is 30.3 Å². The van der Waals surface area contributed by atoms with Gasteiger partial charge in [0.15, 0.2) is 11.9 Å². The van der Waals surface area contributed by atoms with Gasteiger partial charge in [-0.15, -0.1) is 0 Å². The first-order valence-corrected chi connectivity index (χ1v) is 17.5. The van der Waals surface area contributed by atoms with Gasteiger partial charge in [0.05, 0.1) is 31.5 Å². The average Bonchev–Trinajstić information content (AvgIpc) is 3.66. The van der Waals surface area contributed by atoms with Crippen molar-refractivity contribution in [1.29, 1.82) is 0 Å². The van der Waals surface area contributed by atoms with Crippen molar-refractivity contribution >= 4 is 5.97 Å². The fourth-order valence-electron chi connectivity index (χ4n) is 13.6. The molecule has 0 radical (unpaired) electrons. The van der Waals surface area contributed by atoms with E-state index in [1.54, 1.807) is 0 Å². The summed E-state index contributed by atoms with van der Waals surface area (Å²) in [5, 5.41) is 53.7. The Morgan fingerprint density at radius 1 is 0.867 bits per heavy atom. The van der Waals surface area contributed by atoms with Crippen molar-refractivity contribution in [2.24, 2.45) is 50.2 Å². The zero-order valence-corrected chi connectivity index (χ0v) is 27.7. The monoisotopic (exact) mass is 634 g/mol. The van der Waals surface area contributed by atoms with Crippen LogP contribution in [0.25, 0.3) is 0 Å². The van der Waals surface area contributed by atoms with Gasteiger partial charge in [-0.2, -0.15) is 0 Å². The van der Waals surface area contributed by atoms with E-state index in [4.69, 9.17) is 18.9 Å². The summed E-state index contributed by atoms with van der Waals surface area (Å²) in [7, 11) is 0. The summed E-state index contributed by atoms with van der Waals surface area (Å²) in [5.74, 6) is -0.110. The van der Waals surface area contributed by atoms with E-state index in [0.717, 1.165) is 32.1 Å². The van der Waals surface area contributed by atoms with E-state index in [1.807, 2.05) is 0 Å². The van der Waals surface area contributed by atoms with Crippen LogP contribution >= 0.6 is 0 Å². The molecular weight excluding hydrogens is 580 g/mol. The molecule has 1 spiro atoms. The summed E-state index contributed by atoms with van der Waals surface area (Å²) < 4.78 is 25.6. The zero-order chi connectivity index (χ0) is 32.3. The van der Waals surface area contributed by atoms with Crippen LogP contribution in [0.3, 0.4) is 0 Å². The molecule has 0 unspecified atom stereocenters. The number of hydrogen-bond acceptors (Lipinski definition) is 10. The topological polar surface area (TPSA) is 158 Å². The first-order valence-electron chi connectivity index (χ1n) is 17.5. The van der Waals surface area contributed by atoms with Gasteiger partial charge in [0.2, 0.25) is 0 Å². The van der Waals surface area contributed by atoms with E-state index in [2.05, 4.69) is 41.5 Å². The number of aliphatic hydroxyl groups excluding tert-OH is 5. The van der Waals surface area contributed by atoms with Crippen LogP contribution in [0, 0.1) is 50.2 Å². The number of aliphatic hydroxyl groups is 5. The predicted molar refractivity (Wildman–Crippen MR) is 159 cm³/mol. The first kappa shape index (κ1) is 31.4. The zero-order valence-electron chi connectivity index (χ0n) is 27.7. The van der Waals surface area contributed by atoms with Crippen LogP contribution in [-0.2, 0) is 23.7 Å². The third-order valence-corrected chi connectivity index (χ3v) is 16.1. The number of rotatable bonds is 4. The molecule has 5 saturated carbocycles. The Bertz CT molecular complexity index is 1270. The van der Waals surface area contributed by atoms with Crippen LogP contribution in [0.4, 0.5) is 0 Å². The maximum absolute atomic E-state index is 14.0. The smallest absolute Gasteiger partial charge is 0.315 e. The van der Waals surface area contributed by atoms with E-state index in [-0.39, 0.29) is 58.8 Å². The minimum atomic E-state index is -1.29. The van der Waals surface area contributed by atoms with Gasteiger partial charge < -0.3 is 44.5 Å². The standard InChI is InChI=1S/C35H54O10/c1-29(2)11-12-34-19(13-29)35(45-28(34)41)26-24(44-26)25-30(3)9-8-21(43-27-23(40)22(39)17(15-36)42-27)31(4,16-37)18(30)7-10-32(25,5)33(35,6)14-20(34)38/h17-27,36-40H,7-16H2,1-6H3/t17-,18-,19-,20-,21+,22-,23+,24+,25-,26+,27+,30+,31+,32-,33+,34-,35-/m1/s1. The molecule has 10 heteroatoms. The van der Waals surface area contributed by atoms with Crippen LogP contribution < -0.4 is 0 Å². The molecule has 0 aromatic heterocycles. The van der Waals surface area contributed by atoms with Crippen molar-refractivity contribution in [2.45, 2.75) is 148 Å². The Kier molecular flexibility index (Phi) is 6.44. The lowest BCUT2D eigenvalue weighted by Gasteiger charge is -2.73. The molecule has 0 aromatic rings. The minimum absolute atomic E-state index is 0.0457. The number of carbonyl (C=O) groups excluding carboxylic acids is 1. The average molecular weight is 635 g/mol. The quantitative estimate of drug-likeness (QED) is 0.230. The lowest BCUT2D eigenvalue weighted by Crippen LogP contribution is -2.76. The van der Waals surface area contributed by atoms with E-state index in [1.165, 1.54) is 0 Å². The lowest BCUT2D eigenvalue weighted by molar-refractivity contribution is -0.300. The van der Waals surface area contributed by atoms with Crippen LogP contribution in [0.1, 0.15) is 92.9 Å².